The van der Waals surface area contributed by atoms with Crippen molar-refractivity contribution in [2.45, 2.75) is 13.0 Å². The van der Waals surface area contributed by atoms with Crippen LogP contribution in [0.1, 0.15) is 17.3 Å². The fraction of sp³-hybridized carbons (Fsp3) is 0.250. The zero-order valence-electron chi connectivity index (χ0n) is 7.28. The smallest absolute Gasteiger partial charge is 0.325 e. The maximum Gasteiger partial charge on any atom is 0.325 e. The van der Waals surface area contributed by atoms with Gasteiger partial charge >= 0.3 is 5.97 Å². The Morgan fingerprint density at radius 3 is 2.71 bits per heavy atom. The minimum atomic E-state index is -1.11. The molecule has 0 aromatic carbocycles. The number of hydrogen-bond donors (Lipinski definition) is 2. The average molecular weight is 218 g/mol. The number of carbonyl (C=O) groups excluding carboxylic acids is 1. The van der Waals surface area contributed by atoms with Gasteiger partial charge in [0.2, 0.25) is 5.22 Å². The van der Waals surface area contributed by atoms with Crippen LogP contribution >= 0.6 is 11.6 Å². The molecule has 0 saturated carbocycles. The van der Waals surface area contributed by atoms with Crippen molar-refractivity contribution < 1.29 is 19.1 Å². The number of furan rings is 1. The number of aliphatic carboxylic acids is 1. The van der Waals surface area contributed by atoms with Crippen molar-refractivity contribution in [3.05, 3.63) is 23.1 Å². The first kappa shape index (κ1) is 10.6. The molecule has 0 bridgehead atoms. The number of carboxylic acids is 1. The van der Waals surface area contributed by atoms with E-state index in [-0.39, 0.29) is 10.8 Å². The lowest BCUT2D eigenvalue weighted by molar-refractivity contribution is -0.138. The number of amides is 1. The van der Waals surface area contributed by atoms with E-state index in [1.165, 1.54) is 19.3 Å². The van der Waals surface area contributed by atoms with Crippen LogP contribution in [-0.4, -0.2) is 23.0 Å². The fourth-order valence-corrected chi connectivity index (χ4v) is 0.992. The maximum atomic E-state index is 11.3. The molecular weight excluding hydrogens is 210 g/mol. The lowest BCUT2D eigenvalue weighted by Crippen LogP contribution is -2.38. The first-order valence-electron chi connectivity index (χ1n) is 3.79. The van der Waals surface area contributed by atoms with Crippen LogP contribution in [0.15, 0.2) is 16.7 Å². The molecule has 0 radical (unpaired) electrons. The molecule has 0 spiro atoms. The molecule has 1 aromatic heterocycles. The standard InChI is InChI=1S/C8H8ClNO4/c1-4(8(12)13)10-7(11)5-2-3-14-6(5)9/h2-4H,1H3,(H,10,11)(H,12,13). The molecule has 1 rings (SSSR count). The number of carbonyl (C=O) groups is 2. The van der Waals surface area contributed by atoms with Gasteiger partial charge in [-0.15, -0.1) is 0 Å². The molecule has 0 aliphatic heterocycles. The van der Waals surface area contributed by atoms with Crippen LogP contribution in [0.5, 0.6) is 0 Å². The van der Waals surface area contributed by atoms with E-state index in [1.54, 1.807) is 0 Å². The zero-order valence-corrected chi connectivity index (χ0v) is 8.04. The lowest BCUT2D eigenvalue weighted by atomic mass is 10.3. The molecule has 76 valence electrons. The number of halogens is 1. The molecule has 1 unspecified atom stereocenters. The van der Waals surface area contributed by atoms with Crippen LogP contribution in [0.3, 0.4) is 0 Å². The average Bonchev–Trinajstić information content (AvgIpc) is 2.51. The number of carboxylic acid groups (broad SMARTS) is 1. The number of rotatable bonds is 3. The van der Waals surface area contributed by atoms with Crippen molar-refractivity contribution in [3.8, 4) is 0 Å². The van der Waals surface area contributed by atoms with Crippen LogP contribution in [-0.2, 0) is 4.79 Å². The van der Waals surface area contributed by atoms with Gasteiger partial charge in [-0.3, -0.25) is 9.59 Å². The van der Waals surface area contributed by atoms with Gasteiger partial charge in [0.1, 0.15) is 6.04 Å². The van der Waals surface area contributed by atoms with E-state index in [2.05, 4.69) is 9.73 Å². The Morgan fingerprint density at radius 2 is 2.29 bits per heavy atom. The van der Waals surface area contributed by atoms with Crippen molar-refractivity contribution in [1.29, 1.82) is 0 Å². The second kappa shape index (κ2) is 4.15. The zero-order chi connectivity index (χ0) is 10.7. The normalized spacial score (nSPS) is 12.1. The van der Waals surface area contributed by atoms with Gasteiger partial charge in [-0.1, -0.05) is 0 Å². The van der Waals surface area contributed by atoms with Crippen LogP contribution in [0.4, 0.5) is 0 Å². The van der Waals surface area contributed by atoms with E-state index < -0.39 is 17.9 Å². The first-order chi connectivity index (χ1) is 6.52. The molecule has 1 heterocycles. The summed E-state index contributed by atoms with van der Waals surface area (Å²) in [5.41, 5.74) is 0.125. The van der Waals surface area contributed by atoms with Crippen molar-refractivity contribution in [1.82, 2.24) is 5.32 Å². The number of hydrogen-bond acceptors (Lipinski definition) is 3. The minimum Gasteiger partial charge on any atom is -0.480 e. The topological polar surface area (TPSA) is 79.5 Å². The summed E-state index contributed by atoms with van der Waals surface area (Å²) >= 11 is 5.52. The lowest BCUT2D eigenvalue weighted by Gasteiger charge is -2.07. The van der Waals surface area contributed by atoms with Crippen molar-refractivity contribution in [2.24, 2.45) is 0 Å². The summed E-state index contributed by atoms with van der Waals surface area (Å²) in [7, 11) is 0. The van der Waals surface area contributed by atoms with Crippen molar-refractivity contribution in [3.63, 3.8) is 0 Å². The highest BCUT2D eigenvalue weighted by molar-refractivity contribution is 6.32. The Morgan fingerprint density at radius 1 is 1.64 bits per heavy atom. The third-order valence-electron chi connectivity index (χ3n) is 1.58. The van der Waals surface area contributed by atoms with Gasteiger partial charge < -0.3 is 14.8 Å². The Bertz CT molecular complexity index is 360. The Balaban J connectivity index is 2.69. The molecule has 0 aliphatic carbocycles. The molecule has 0 fully saturated rings. The second-order valence-corrected chi connectivity index (χ2v) is 2.98. The van der Waals surface area contributed by atoms with Crippen LogP contribution in [0.25, 0.3) is 0 Å². The van der Waals surface area contributed by atoms with Gasteiger partial charge in [0.15, 0.2) is 0 Å². The first-order valence-corrected chi connectivity index (χ1v) is 4.17. The van der Waals surface area contributed by atoms with Crippen molar-refractivity contribution >= 4 is 23.5 Å². The Labute approximate surface area is 84.7 Å². The molecule has 1 atom stereocenters. The highest BCUT2D eigenvalue weighted by Crippen LogP contribution is 2.16. The van der Waals surface area contributed by atoms with Gasteiger partial charge in [-0.25, -0.2) is 0 Å². The van der Waals surface area contributed by atoms with E-state index in [9.17, 15) is 9.59 Å². The quantitative estimate of drug-likeness (QED) is 0.796. The molecule has 1 aromatic rings. The summed E-state index contributed by atoms with van der Waals surface area (Å²) in [6.45, 7) is 1.36. The predicted molar refractivity (Wildman–Crippen MR) is 48.3 cm³/mol. The molecule has 2 N–H and O–H groups in total. The van der Waals surface area contributed by atoms with Gasteiger partial charge in [-0.2, -0.15) is 0 Å². The van der Waals surface area contributed by atoms with E-state index in [1.807, 2.05) is 0 Å². The molecule has 6 heteroatoms. The molecule has 0 saturated heterocycles. The largest absolute Gasteiger partial charge is 0.480 e. The van der Waals surface area contributed by atoms with Crippen LogP contribution in [0, 0.1) is 0 Å². The molecule has 5 nitrogen and oxygen atoms in total. The monoisotopic (exact) mass is 217 g/mol. The van der Waals surface area contributed by atoms with Gasteiger partial charge in [0.25, 0.3) is 5.91 Å². The highest BCUT2D eigenvalue weighted by atomic mass is 35.5. The fourth-order valence-electron chi connectivity index (χ4n) is 0.792. The summed E-state index contributed by atoms with van der Waals surface area (Å²) in [6.07, 6.45) is 1.25. The minimum absolute atomic E-state index is 0.0555. The predicted octanol–water partition coefficient (Wildman–Crippen LogP) is 1.14. The molecular formula is C8H8ClNO4. The SMILES string of the molecule is CC(NC(=O)c1ccoc1Cl)C(=O)O. The van der Waals surface area contributed by atoms with Crippen LogP contribution < -0.4 is 5.32 Å². The summed E-state index contributed by atoms with van der Waals surface area (Å²) in [5, 5.41) is 10.7. The molecule has 0 aliphatic rings. The van der Waals surface area contributed by atoms with Crippen LogP contribution in [0.2, 0.25) is 5.22 Å². The van der Waals surface area contributed by atoms with Gasteiger partial charge in [-0.05, 0) is 24.6 Å². The Kier molecular flexibility index (Phi) is 3.14. The molecule has 14 heavy (non-hydrogen) atoms. The second-order valence-electron chi connectivity index (χ2n) is 2.64. The van der Waals surface area contributed by atoms with Crippen molar-refractivity contribution in [2.75, 3.05) is 0 Å². The van der Waals surface area contributed by atoms with Gasteiger partial charge in [0.05, 0.1) is 11.8 Å². The highest BCUT2D eigenvalue weighted by Gasteiger charge is 2.18. The Hall–Kier alpha value is -1.49. The van der Waals surface area contributed by atoms with Gasteiger partial charge in [0, 0.05) is 0 Å². The summed E-state index contributed by atoms with van der Waals surface area (Å²) in [4.78, 5) is 21.7. The summed E-state index contributed by atoms with van der Waals surface area (Å²) in [5.74, 6) is -1.68. The maximum absolute atomic E-state index is 11.3. The van der Waals surface area contributed by atoms with E-state index in [0.717, 1.165) is 0 Å². The summed E-state index contributed by atoms with van der Waals surface area (Å²) < 4.78 is 4.68. The van der Waals surface area contributed by atoms with E-state index in [4.69, 9.17) is 16.7 Å². The third kappa shape index (κ3) is 2.26. The van der Waals surface area contributed by atoms with E-state index >= 15 is 0 Å². The number of nitrogens with one attached hydrogen (secondary N) is 1. The van der Waals surface area contributed by atoms with E-state index in [0.29, 0.717) is 0 Å². The third-order valence-corrected chi connectivity index (χ3v) is 1.87. The molecule has 1 amide bonds. The summed E-state index contributed by atoms with van der Waals surface area (Å²) in [6, 6.07) is 0.403.